The number of non-ortho nitro benzene ring substituents is 1. The van der Waals surface area contributed by atoms with Gasteiger partial charge in [-0.3, -0.25) is 19.7 Å². The summed E-state index contributed by atoms with van der Waals surface area (Å²) < 4.78 is 6.65. The van der Waals surface area contributed by atoms with Crippen molar-refractivity contribution in [3.05, 3.63) is 104 Å². The van der Waals surface area contributed by atoms with Crippen molar-refractivity contribution in [2.45, 2.75) is 0 Å². The average Bonchev–Trinajstić information content (AvgIpc) is 3.16. The third-order valence-corrected chi connectivity index (χ3v) is 5.24. The predicted octanol–water partition coefficient (Wildman–Crippen LogP) is 5.63. The molecule has 8 heteroatoms. The van der Waals surface area contributed by atoms with Crippen molar-refractivity contribution in [1.82, 2.24) is 0 Å². The van der Waals surface area contributed by atoms with Crippen molar-refractivity contribution < 1.29 is 18.9 Å². The number of nitrogens with zero attached hydrogens (tertiary/aromatic N) is 1. The first-order valence-corrected chi connectivity index (χ1v) is 10.1. The van der Waals surface area contributed by atoms with Gasteiger partial charge in [-0.2, -0.15) is 0 Å². The molecule has 0 aliphatic carbocycles. The number of fused-ring (bicyclic) bond motifs is 1. The minimum Gasteiger partial charge on any atom is -0.450 e. The van der Waals surface area contributed by atoms with Crippen LogP contribution < -0.4 is 5.32 Å². The fourth-order valence-electron chi connectivity index (χ4n) is 3.18. The summed E-state index contributed by atoms with van der Waals surface area (Å²) in [6.45, 7) is -0.161. The van der Waals surface area contributed by atoms with Crippen molar-refractivity contribution >= 4 is 49.8 Å². The Kier molecular flexibility index (Phi) is 5.64. The van der Waals surface area contributed by atoms with Gasteiger partial charge in [0.15, 0.2) is 11.5 Å². The Labute approximate surface area is 185 Å². The zero-order chi connectivity index (χ0) is 22.0. The minimum atomic E-state index is -0.553. The van der Waals surface area contributed by atoms with Gasteiger partial charge in [-0.05, 0) is 36.4 Å². The number of benzene rings is 3. The molecule has 0 radical (unpaired) electrons. The summed E-state index contributed by atoms with van der Waals surface area (Å²) in [5.41, 5.74) is 1.40. The number of anilines is 1. The van der Waals surface area contributed by atoms with Gasteiger partial charge in [-0.1, -0.05) is 40.2 Å². The van der Waals surface area contributed by atoms with Crippen LogP contribution in [0.15, 0.2) is 81.7 Å². The number of carbonyl (C=O) groups excluding carboxylic acids is 2. The van der Waals surface area contributed by atoms with Crippen molar-refractivity contribution in [1.29, 1.82) is 0 Å². The number of rotatable bonds is 7. The molecule has 0 fully saturated rings. The van der Waals surface area contributed by atoms with Gasteiger partial charge in [0.25, 0.3) is 5.69 Å². The highest BCUT2D eigenvalue weighted by Crippen LogP contribution is 2.32. The minimum absolute atomic E-state index is 0.0929. The molecule has 154 valence electrons. The second-order valence-corrected chi connectivity index (χ2v) is 7.64. The molecule has 0 amide bonds. The lowest BCUT2D eigenvalue weighted by atomic mass is 10.1. The van der Waals surface area contributed by atoms with Crippen LogP contribution in [0, 0.1) is 10.1 Å². The maximum absolute atomic E-state index is 13.1. The summed E-state index contributed by atoms with van der Waals surface area (Å²) in [6, 6.07) is 19.5. The molecule has 4 rings (SSSR count). The number of halogens is 1. The smallest absolute Gasteiger partial charge is 0.270 e. The van der Waals surface area contributed by atoms with E-state index < -0.39 is 4.92 Å². The van der Waals surface area contributed by atoms with Gasteiger partial charge in [0.1, 0.15) is 5.58 Å². The van der Waals surface area contributed by atoms with Crippen molar-refractivity contribution in [3.63, 3.8) is 0 Å². The molecule has 3 aromatic carbocycles. The number of hydrogen-bond acceptors (Lipinski definition) is 6. The molecule has 0 spiro atoms. The first kappa shape index (κ1) is 20.5. The van der Waals surface area contributed by atoms with Crippen LogP contribution in [0.2, 0.25) is 0 Å². The van der Waals surface area contributed by atoms with Gasteiger partial charge in [-0.15, -0.1) is 0 Å². The van der Waals surface area contributed by atoms with E-state index in [2.05, 4.69) is 21.2 Å². The molecule has 0 aliphatic rings. The third-order valence-electron chi connectivity index (χ3n) is 4.71. The van der Waals surface area contributed by atoms with E-state index in [1.165, 1.54) is 24.3 Å². The van der Waals surface area contributed by atoms with Crippen molar-refractivity contribution in [2.75, 3.05) is 11.9 Å². The SMILES string of the molecule is O=C(CNc1c(C(=O)c2ccc(Br)cc2)oc2ccccc12)c1cccc([N+](=O)[O-])c1. The molecule has 0 saturated carbocycles. The molecule has 0 aliphatic heterocycles. The van der Waals surface area contributed by atoms with E-state index in [1.807, 2.05) is 0 Å². The maximum Gasteiger partial charge on any atom is 0.270 e. The average molecular weight is 479 g/mol. The van der Waals surface area contributed by atoms with Gasteiger partial charge in [0.2, 0.25) is 5.78 Å². The Hall–Kier alpha value is -3.78. The standard InChI is InChI=1S/C23H15BrN2O5/c24-16-10-8-14(9-11-16)22(28)23-21(18-6-1-2-7-20(18)31-23)25-13-19(27)15-4-3-5-17(12-15)26(29)30/h1-12,25H,13H2. The summed E-state index contributed by atoms with van der Waals surface area (Å²) in [7, 11) is 0. The van der Waals surface area contributed by atoms with E-state index >= 15 is 0 Å². The highest BCUT2D eigenvalue weighted by molar-refractivity contribution is 9.10. The quantitative estimate of drug-likeness (QED) is 0.209. The van der Waals surface area contributed by atoms with Crippen LogP contribution in [0.5, 0.6) is 0 Å². The first-order chi connectivity index (χ1) is 14.9. The molecule has 1 aromatic heterocycles. The fourth-order valence-corrected chi connectivity index (χ4v) is 3.44. The number of nitro groups is 1. The van der Waals surface area contributed by atoms with Gasteiger partial charge in [-0.25, -0.2) is 0 Å². The van der Waals surface area contributed by atoms with E-state index in [9.17, 15) is 19.7 Å². The van der Waals surface area contributed by atoms with Crippen LogP contribution in [-0.4, -0.2) is 23.0 Å². The van der Waals surface area contributed by atoms with Crippen LogP contribution in [0.4, 0.5) is 11.4 Å². The van der Waals surface area contributed by atoms with Crippen molar-refractivity contribution in [3.8, 4) is 0 Å². The number of furan rings is 1. The number of carbonyl (C=O) groups is 2. The van der Waals surface area contributed by atoms with Gasteiger partial charge >= 0.3 is 0 Å². The lowest BCUT2D eigenvalue weighted by molar-refractivity contribution is -0.384. The van der Waals surface area contributed by atoms with Crippen LogP contribution >= 0.6 is 15.9 Å². The molecule has 7 nitrogen and oxygen atoms in total. The van der Waals surface area contributed by atoms with E-state index in [-0.39, 0.29) is 35.1 Å². The molecular weight excluding hydrogens is 464 g/mol. The summed E-state index contributed by atoms with van der Waals surface area (Å²) in [5.74, 6) is -0.583. The molecule has 0 atom stereocenters. The zero-order valence-corrected chi connectivity index (χ0v) is 17.6. The lowest BCUT2D eigenvalue weighted by Gasteiger charge is -2.07. The summed E-state index contributed by atoms with van der Waals surface area (Å²) in [6.07, 6.45) is 0. The highest BCUT2D eigenvalue weighted by Gasteiger charge is 2.22. The molecule has 1 heterocycles. The van der Waals surface area contributed by atoms with E-state index in [0.717, 1.165) is 4.47 Å². The topological polar surface area (TPSA) is 102 Å². The Morgan fingerprint density at radius 3 is 2.45 bits per heavy atom. The molecule has 1 N–H and O–H groups in total. The van der Waals surface area contributed by atoms with E-state index in [4.69, 9.17) is 4.42 Å². The van der Waals surface area contributed by atoms with Crippen LogP contribution in [0.25, 0.3) is 11.0 Å². The normalized spacial score (nSPS) is 10.7. The lowest BCUT2D eigenvalue weighted by Crippen LogP contribution is -2.15. The Balaban J connectivity index is 1.65. The zero-order valence-electron chi connectivity index (χ0n) is 16.0. The predicted molar refractivity (Wildman–Crippen MR) is 120 cm³/mol. The summed E-state index contributed by atoms with van der Waals surface area (Å²) >= 11 is 3.34. The molecule has 0 bridgehead atoms. The number of ketones is 2. The third kappa shape index (κ3) is 4.24. The molecule has 31 heavy (non-hydrogen) atoms. The largest absolute Gasteiger partial charge is 0.450 e. The Morgan fingerprint density at radius 1 is 0.968 bits per heavy atom. The Morgan fingerprint density at radius 2 is 1.71 bits per heavy atom. The molecule has 0 saturated heterocycles. The summed E-state index contributed by atoms with van der Waals surface area (Å²) in [4.78, 5) is 36.1. The maximum atomic E-state index is 13.1. The Bertz CT molecular complexity index is 1310. The van der Waals surface area contributed by atoms with Crippen molar-refractivity contribution in [2.24, 2.45) is 0 Å². The second kappa shape index (κ2) is 8.53. The number of hydrogen-bond donors (Lipinski definition) is 1. The number of Topliss-reactive ketones (excluding diaryl/α,β-unsaturated/α-hetero) is 1. The monoisotopic (exact) mass is 478 g/mol. The van der Waals surface area contributed by atoms with Gasteiger partial charge in [0.05, 0.1) is 17.2 Å². The van der Waals surface area contributed by atoms with Crippen LogP contribution in [-0.2, 0) is 0 Å². The van der Waals surface area contributed by atoms with Gasteiger partial charge in [0, 0.05) is 33.1 Å². The van der Waals surface area contributed by atoms with Crippen LogP contribution in [0.1, 0.15) is 26.5 Å². The number of nitro benzene ring substituents is 1. The highest BCUT2D eigenvalue weighted by atomic mass is 79.9. The number of para-hydroxylation sites is 1. The van der Waals surface area contributed by atoms with Crippen LogP contribution in [0.3, 0.4) is 0 Å². The first-order valence-electron chi connectivity index (χ1n) is 9.27. The molecule has 4 aromatic rings. The molecular formula is C23H15BrN2O5. The number of nitrogens with one attached hydrogen (secondary N) is 1. The molecule has 0 unspecified atom stereocenters. The van der Waals surface area contributed by atoms with E-state index in [1.54, 1.807) is 48.5 Å². The van der Waals surface area contributed by atoms with Gasteiger partial charge < -0.3 is 9.73 Å². The van der Waals surface area contributed by atoms with E-state index in [0.29, 0.717) is 22.2 Å². The second-order valence-electron chi connectivity index (χ2n) is 6.72. The summed E-state index contributed by atoms with van der Waals surface area (Å²) in [5, 5.41) is 14.6. The fraction of sp³-hybridized carbons (Fsp3) is 0.0435.